The van der Waals surface area contributed by atoms with Gasteiger partial charge in [0.15, 0.2) is 12.3 Å². The van der Waals surface area contributed by atoms with Crippen molar-refractivity contribution in [3.63, 3.8) is 0 Å². The molecule has 1 N–H and O–H groups in total. The van der Waals surface area contributed by atoms with Gasteiger partial charge in [0.1, 0.15) is 5.76 Å². The van der Waals surface area contributed by atoms with E-state index in [1.54, 1.807) is 6.92 Å². The summed E-state index contributed by atoms with van der Waals surface area (Å²) in [5, 5.41) is 2.93. The molecule has 138 valence electrons. The van der Waals surface area contributed by atoms with Gasteiger partial charge < -0.3 is 14.5 Å². The smallest absolute Gasteiger partial charge is 0.361 e. The molecule has 26 heavy (non-hydrogen) atoms. The van der Waals surface area contributed by atoms with Crippen LogP contribution in [0, 0.1) is 12.8 Å². The molecule has 1 aromatic heterocycles. The number of amides is 1. The number of aromatic nitrogens is 1. The first kappa shape index (κ1) is 18.2. The van der Waals surface area contributed by atoms with Crippen molar-refractivity contribution >= 4 is 11.9 Å². The van der Waals surface area contributed by atoms with Crippen LogP contribution in [0.4, 0.5) is 0 Å². The molecule has 3 rings (SSSR count). The lowest BCUT2D eigenvalue weighted by Crippen LogP contribution is -2.39. The topological polar surface area (TPSA) is 81.4 Å². The maximum absolute atomic E-state index is 12.2. The highest BCUT2D eigenvalue weighted by Crippen LogP contribution is 2.23. The number of carbonyl (C=O) groups excluding carboxylic acids is 2. The Morgan fingerprint density at radius 2 is 1.88 bits per heavy atom. The predicted octanol–water partition coefficient (Wildman–Crippen LogP) is 3.50. The molecule has 6 heteroatoms. The lowest BCUT2D eigenvalue weighted by molar-refractivity contribution is -0.125. The Kier molecular flexibility index (Phi) is 5.71. The van der Waals surface area contributed by atoms with Gasteiger partial charge in [-0.1, -0.05) is 25.1 Å². The van der Waals surface area contributed by atoms with Gasteiger partial charge >= 0.3 is 5.97 Å². The maximum atomic E-state index is 12.2. The molecule has 0 bridgehead atoms. The van der Waals surface area contributed by atoms with Crippen LogP contribution in [0.2, 0.25) is 0 Å². The van der Waals surface area contributed by atoms with E-state index in [4.69, 9.17) is 9.15 Å². The molecule has 1 amide bonds. The van der Waals surface area contributed by atoms with Crippen LogP contribution in [0.5, 0.6) is 0 Å². The number of nitrogens with zero attached hydrogens (tertiary/aromatic N) is 1. The van der Waals surface area contributed by atoms with E-state index in [-0.39, 0.29) is 24.2 Å². The summed E-state index contributed by atoms with van der Waals surface area (Å²) in [6.07, 6.45) is 4.18. The largest absolute Gasteiger partial charge is 0.451 e. The third kappa shape index (κ3) is 4.50. The lowest BCUT2D eigenvalue weighted by atomic mass is 9.87. The van der Waals surface area contributed by atoms with Gasteiger partial charge in [0.2, 0.25) is 5.89 Å². The zero-order valence-corrected chi connectivity index (χ0v) is 15.2. The van der Waals surface area contributed by atoms with Gasteiger partial charge in [-0.3, -0.25) is 4.79 Å². The first-order valence-electron chi connectivity index (χ1n) is 9.02. The van der Waals surface area contributed by atoms with Crippen LogP contribution in [0.15, 0.2) is 34.7 Å². The van der Waals surface area contributed by atoms with E-state index < -0.39 is 5.97 Å². The fourth-order valence-electron chi connectivity index (χ4n) is 3.16. The molecule has 2 aromatic rings. The summed E-state index contributed by atoms with van der Waals surface area (Å²) in [5.41, 5.74) is 0.877. The van der Waals surface area contributed by atoms with Crippen LogP contribution in [0.1, 0.15) is 48.9 Å². The second-order valence-electron chi connectivity index (χ2n) is 6.89. The van der Waals surface area contributed by atoms with Gasteiger partial charge in [-0.05, 0) is 50.7 Å². The monoisotopic (exact) mass is 356 g/mol. The molecule has 0 radical (unpaired) electrons. The molecule has 6 nitrogen and oxygen atoms in total. The van der Waals surface area contributed by atoms with Gasteiger partial charge in [-0.2, -0.15) is 0 Å². The highest BCUT2D eigenvalue weighted by molar-refractivity contribution is 5.90. The van der Waals surface area contributed by atoms with Crippen molar-refractivity contribution in [1.29, 1.82) is 0 Å². The minimum atomic E-state index is -0.652. The van der Waals surface area contributed by atoms with Crippen LogP contribution >= 0.6 is 0 Å². The van der Waals surface area contributed by atoms with Crippen molar-refractivity contribution in [1.82, 2.24) is 10.3 Å². The van der Waals surface area contributed by atoms with Gasteiger partial charge in [0.05, 0.1) is 0 Å². The first-order valence-corrected chi connectivity index (χ1v) is 9.02. The van der Waals surface area contributed by atoms with E-state index in [9.17, 15) is 9.59 Å². The Labute approximate surface area is 152 Å². The van der Waals surface area contributed by atoms with Gasteiger partial charge in [-0.25, -0.2) is 9.78 Å². The molecule has 0 saturated heterocycles. The molecule has 0 spiro atoms. The van der Waals surface area contributed by atoms with Gasteiger partial charge in [-0.15, -0.1) is 0 Å². The average Bonchev–Trinajstić information content (AvgIpc) is 3.04. The first-order chi connectivity index (χ1) is 12.5. The number of hydrogen-bond donors (Lipinski definition) is 1. The Balaban J connectivity index is 1.53. The Morgan fingerprint density at radius 1 is 1.19 bits per heavy atom. The number of rotatable bonds is 5. The highest BCUT2D eigenvalue weighted by Gasteiger charge is 2.22. The zero-order chi connectivity index (χ0) is 18.5. The standard InChI is InChI=1S/C20H24N2O4/c1-13-8-10-16(11-9-13)21-17(23)12-25-20(24)18-14(2)26-19(22-18)15-6-4-3-5-7-15/h3-7,13,16H,8-12H2,1-2H3,(H,21,23). The summed E-state index contributed by atoms with van der Waals surface area (Å²) in [6.45, 7) is 3.57. The third-order valence-corrected chi connectivity index (χ3v) is 4.73. The Hall–Kier alpha value is -2.63. The molecule has 1 aromatic carbocycles. The summed E-state index contributed by atoms with van der Waals surface area (Å²) < 4.78 is 10.7. The summed E-state index contributed by atoms with van der Waals surface area (Å²) in [4.78, 5) is 28.4. The second-order valence-corrected chi connectivity index (χ2v) is 6.89. The van der Waals surface area contributed by atoms with Crippen LogP contribution < -0.4 is 5.32 Å². The van der Waals surface area contributed by atoms with Gasteiger partial charge in [0.25, 0.3) is 5.91 Å². The van der Waals surface area contributed by atoms with Crippen molar-refractivity contribution in [2.45, 2.75) is 45.6 Å². The SMILES string of the molecule is Cc1oc(-c2ccccc2)nc1C(=O)OCC(=O)NC1CCC(C)CC1. The quantitative estimate of drug-likeness (QED) is 0.829. The van der Waals surface area contributed by atoms with E-state index >= 15 is 0 Å². The molecular weight excluding hydrogens is 332 g/mol. The van der Waals surface area contributed by atoms with E-state index in [2.05, 4.69) is 17.2 Å². The number of aryl methyl sites for hydroxylation is 1. The van der Waals surface area contributed by atoms with Crippen LogP contribution in [0.25, 0.3) is 11.5 Å². The predicted molar refractivity (Wildman–Crippen MR) is 96.5 cm³/mol. The average molecular weight is 356 g/mol. The molecule has 0 unspecified atom stereocenters. The molecule has 1 aliphatic rings. The summed E-state index contributed by atoms with van der Waals surface area (Å²) in [6, 6.07) is 9.49. The number of ether oxygens (including phenoxy) is 1. The van der Waals surface area contributed by atoms with E-state index in [1.165, 1.54) is 0 Å². The number of benzene rings is 1. The Morgan fingerprint density at radius 3 is 2.58 bits per heavy atom. The second kappa shape index (κ2) is 8.17. The zero-order valence-electron chi connectivity index (χ0n) is 15.2. The van der Waals surface area contributed by atoms with Crippen LogP contribution in [0.3, 0.4) is 0 Å². The minimum Gasteiger partial charge on any atom is -0.451 e. The van der Waals surface area contributed by atoms with Crippen LogP contribution in [-0.2, 0) is 9.53 Å². The maximum Gasteiger partial charge on any atom is 0.361 e. The third-order valence-electron chi connectivity index (χ3n) is 4.73. The minimum absolute atomic E-state index is 0.100. The molecule has 1 saturated carbocycles. The van der Waals surface area contributed by atoms with Gasteiger partial charge in [0, 0.05) is 11.6 Å². The van der Waals surface area contributed by atoms with Crippen molar-refractivity contribution in [3.05, 3.63) is 41.8 Å². The molecular formula is C20H24N2O4. The lowest BCUT2D eigenvalue weighted by Gasteiger charge is -2.26. The summed E-state index contributed by atoms with van der Waals surface area (Å²) in [5.74, 6) is 0.518. The molecule has 1 heterocycles. The number of esters is 1. The van der Waals surface area contributed by atoms with Crippen molar-refractivity contribution in [3.8, 4) is 11.5 Å². The molecule has 1 aliphatic carbocycles. The van der Waals surface area contributed by atoms with Crippen molar-refractivity contribution < 1.29 is 18.7 Å². The number of carbonyl (C=O) groups is 2. The van der Waals surface area contributed by atoms with Crippen molar-refractivity contribution in [2.24, 2.45) is 5.92 Å². The molecule has 0 aliphatic heterocycles. The summed E-state index contributed by atoms with van der Waals surface area (Å²) in [7, 11) is 0. The van der Waals surface area contributed by atoms with E-state index in [1.807, 2.05) is 30.3 Å². The van der Waals surface area contributed by atoms with E-state index in [0.717, 1.165) is 37.2 Å². The fourth-order valence-corrected chi connectivity index (χ4v) is 3.16. The van der Waals surface area contributed by atoms with E-state index in [0.29, 0.717) is 11.7 Å². The number of nitrogens with one attached hydrogen (secondary N) is 1. The van der Waals surface area contributed by atoms with Crippen molar-refractivity contribution in [2.75, 3.05) is 6.61 Å². The fraction of sp³-hybridized carbons (Fsp3) is 0.450. The number of oxazole rings is 1. The molecule has 1 fully saturated rings. The summed E-state index contributed by atoms with van der Waals surface area (Å²) >= 11 is 0. The molecule has 0 atom stereocenters. The normalized spacial score (nSPS) is 19.8. The van der Waals surface area contributed by atoms with Crippen LogP contribution in [-0.4, -0.2) is 29.5 Å². The highest BCUT2D eigenvalue weighted by atomic mass is 16.5. The number of hydrogen-bond acceptors (Lipinski definition) is 5. The Bertz CT molecular complexity index is 761.